The molecule has 7 nitrogen and oxygen atoms in total. The topological polar surface area (TPSA) is 102 Å². The monoisotopic (exact) mass is 287 g/mol. The van der Waals surface area contributed by atoms with Gasteiger partial charge in [0.2, 0.25) is 11.8 Å². The van der Waals surface area contributed by atoms with E-state index in [0.717, 1.165) is 0 Å². The molecule has 1 atom stereocenters. The van der Waals surface area contributed by atoms with E-state index in [1.54, 1.807) is 6.92 Å². The molecule has 0 spiro atoms. The molecule has 0 bridgehead atoms. The third-order valence-corrected chi connectivity index (χ3v) is 4.73. The zero-order valence-corrected chi connectivity index (χ0v) is 11.6. The van der Waals surface area contributed by atoms with Gasteiger partial charge in [-0.15, -0.1) is 0 Å². The number of rotatable bonds is 5. The molecular formula is C11H17N3O4S. The van der Waals surface area contributed by atoms with Gasteiger partial charge in [-0.3, -0.25) is 4.79 Å². The molecule has 1 aliphatic heterocycles. The fraction of sp³-hybridized carbons (Fsp3) is 0.727. The first kappa shape index (κ1) is 14.0. The van der Waals surface area contributed by atoms with Crippen molar-refractivity contribution in [3.05, 3.63) is 11.7 Å². The van der Waals surface area contributed by atoms with Gasteiger partial charge in [-0.2, -0.15) is 4.98 Å². The minimum Gasteiger partial charge on any atom is -0.352 e. The largest absolute Gasteiger partial charge is 0.352 e. The van der Waals surface area contributed by atoms with E-state index < -0.39 is 9.84 Å². The molecule has 0 aromatic carbocycles. The highest BCUT2D eigenvalue weighted by molar-refractivity contribution is 7.91. The van der Waals surface area contributed by atoms with Crippen LogP contribution in [0.3, 0.4) is 0 Å². The van der Waals surface area contributed by atoms with Crippen molar-refractivity contribution < 1.29 is 17.7 Å². The van der Waals surface area contributed by atoms with Gasteiger partial charge < -0.3 is 9.84 Å². The molecule has 0 radical (unpaired) electrons. The van der Waals surface area contributed by atoms with E-state index in [4.69, 9.17) is 4.52 Å². The number of nitrogens with zero attached hydrogens (tertiary/aromatic N) is 2. The van der Waals surface area contributed by atoms with Crippen LogP contribution in [0.4, 0.5) is 0 Å². The fourth-order valence-electron chi connectivity index (χ4n) is 2.05. The number of aromatic nitrogens is 2. The lowest BCUT2D eigenvalue weighted by Gasteiger charge is -2.09. The first-order valence-electron chi connectivity index (χ1n) is 6.23. The van der Waals surface area contributed by atoms with E-state index in [1.165, 1.54) is 0 Å². The average molecular weight is 287 g/mol. The molecule has 1 aromatic heterocycles. The van der Waals surface area contributed by atoms with Crippen LogP contribution in [0.2, 0.25) is 0 Å². The molecule has 1 aromatic rings. The highest BCUT2D eigenvalue weighted by Gasteiger charge is 2.28. The van der Waals surface area contributed by atoms with Crippen LogP contribution in [0.15, 0.2) is 4.52 Å². The molecule has 1 saturated heterocycles. The van der Waals surface area contributed by atoms with Crippen molar-refractivity contribution in [1.29, 1.82) is 0 Å². The van der Waals surface area contributed by atoms with Crippen molar-refractivity contribution in [2.45, 2.75) is 38.6 Å². The molecule has 0 aliphatic carbocycles. The Kier molecular flexibility index (Phi) is 4.18. The van der Waals surface area contributed by atoms with E-state index in [2.05, 4.69) is 15.5 Å². The van der Waals surface area contributed by atoms with Crippen LogP contribution in [0, 0.1) is 6.92 Å². The van der Waals surface area contributed by atoms with Crippen molar-refractivity contribution in [2.24, 2.45) is 0 Å². The molecule has 1 amide bonds. The maximum Gasteiger partial charge on any atom is 0.226 e. The Morgan fingerprint density at radius 1 is 1.53 bits per heavy atom. The fourth-order valence-corrected chi connectivity index (χ4v) is 3.72. The summed E-state index contributed by atoms with van der Waals surface area (Å²) in [6.07, 6.45) is 2.00. The lowest BCUT2D eigenvalue weighted by atomic mass is 10.2. The van der Waals surface area contributed by atoms with Gasteiger partial charge in [-0.1, -0.05) is 5.16 Å². The van der Waals surface area contributed by atoms with Crippen LogP contribution < -0.4 is 5.32 Å². The number of nitrogens with one attached hydrogen (secondary N) is 1. The minimum atomic E-state index is -2.95. The van der Waals surface area contributed by atoms with E-state index in [-0.39, 0.29) is 23.5 Å². The molecule has 8 heteroatoms. The minimum absolute atomic E-state index is 0.0571. The van der Waals surface area contributed by atoms with Gasteiger partial charge in [0.05, 0.1) is 11.5 Å². The second-order valence-corrected chi connectivity index (χ2v) is 6.99. The van der Waals surface area contributed by atoms with Gasteiger partial charge in [-0.25, -0.2) is 8.42 Å². The maximum absolute atomic E-state index is 11.6. The van der Waals surface area contributed by atoms with E-state index >= 15 is 0 Å². The Labute approximate surface area is 111 Å². The third kappa shape index (κ3) is 4.30. The SMILES string of the molecule is Cc1noc(CCCC(=O)N[C@@H]2CCS(=O)(=O)C2)n1. The normalized spacial score (nSPS) is 21.4. The third-order valence-electron chi connectivity index (χ3n) is 2.96. The van der Waals surface area contributed by atoms with Crippen molar-refractivity contribution in [2.75, 3.05) is 11.5 Å². The van der Waals surface area contributed by atoms with Gasteiger partial charge in [0, 0.05) is 18.9 Å². The van der Waals surface area contributed by atoms with Crippen molar-refractivity contribution in [3.8, 4) is 0 Å². The molecule has 1 N–H and O–H groups in total. The quantitative estimate of drug-likeness (QED) is 0.818. The van der Waals surface area contributed by atoms with Crippen LogP contribution >= 0.6 is 0 Å². The summed E-state index contributed by atoms with van der Waals surface area (Å²) in [4.78, 5) is 15.7. The van der Waals surface area contributed by atoms with Crippen LogP contribution in [0.25, 0.3) is 0 Å². The number of aryl methyl sites for hydroxylation is 2. The highest BCUT2D eigenvalue weighted by atomic mass is 32.2. The predicted molar refractivity (Wildman–Crippen MR) is 67.2 cm³/mol. The van der Waals surface area contributed by atoms with Gasteiger partial charge in [-0.05, 0) is 19.8 Å². The summed E-state index contributed by atoms with van der Waals surface area (Å²) in [5.74, 6) is 1.20. The van der Waals surface area contributed by atoms with Gasteiger partial charge in [0.1, 0.15) is 0 Å². The Bertz CT molecular complexity index is 552. The molecule has 2 heterocycles. The summed E-state index contributed by atoms with van der Waals surface area (Å²) < 4.78 is 27.4. The predicted octanol–water partition coefficient (Wildman–Crippen LogP) is 0.00402. The Morgan fingerprint density at radius 2 is 2.32 bits per heavy atom. The number of amides is 1. The number of hydrogen-bond donors (Lipinski definition) is 1. The lowest BCUT2D eigenvalue weighted by Crippen LogP contribution is -2.35. The molecule has 0 saturated carbocycles. The van der Waals surface area contributed by atoms with Gasteiger partial charge in [0.25, 0.3) is 0 Å². The number of carbonyl (C=O) groups is 1. The second-order valence-electron chi connectivity index (χ2n) is 4.76. The standard InChI is InChI=1S/C11H17N3O4S/c1-8-12-11(18-14-8)4-2-3-10(15)13-9-5-6-19(16,17)7-9/h9H,2-7H2,1H3,(H,13,15)/t9-/m1/s1. The Morgan fingerprint density at radius 3 is 2.89 bits per heavy atom. The highest BCUT2D eigenvalue weighted by Crippen LogP contribution is 2.11. The number of carbonyl (C=O) groups excluding carboxylic acids is 1. The van der Waals surface area contributed by atoms with Gasteiger partial charge in [0.15, 0.2) is 15.7 Å². The summed E-state index contributed by atoms with van der Waals surface area (Å²) in [7, 11) is -2.95. The number of sulfone groups is 1. The summed E-state index contributed by atoms with van der Waals surface area (Å²) in [6.45, 7) is 1.74. The Balaban J connectivity index is 1.68. The van der Waals surface area contributed by atoms with Crippen molar-refractivity contribution in [3.63, 3.8) is 0 Å². The molecular weight excluding hydrogens is 270 g/mol. The van der Waals surface area contributed by atoms with Crippen LogP contribution in [0.1, 0.15) is 31.0 Å². The van der Waals surface area contributed by atoms with E-state index in [0.29, 0.717) is 37.4 Å². The second kappa shape index (κ2) is 5.68. The van der Waals surface area contributed by atoms with Crippen molar-refractivity contribution in [1.82, 2.24) is 15.5 Å². The maximum atomic E-state index is 11.6. The van der Waals surface area contributed by atoms with Crippen molar-refractivity contribution >= 4 is 15.7 Å². The van der Waals surface area contributed by atoms with Crippen LogP contribution in [0.5, 0.6) is 0 Å². The molecule has 0 unspecified atom stereocenters. The molecule has 1 aliphatic rings. The lowest BCUT2D eigenvalue weighted by molar-refractivity contribution is -0.121. The summed E-state index contributed by atoms with van der Waals surface area (Å²) in [6, 6.07) is -0.233. The van der Waals surface area contributed by atoms with Crippen LogP contribution in [-0.4, -0.2) is 42.0 Å². The smallest absolute Gasteiger partial charge is 0.226 e. The van der Waals surface area contributed by atoms with E-state index in [1.807, 2.05) is 0 Å². The summed E-state index contributed by atoms with van der Waals surface area (Å²) in [5.41, 5.74) is 0. The average Bonchev–Trinajstić information content (AvgIpc) is 2.85. The molecule has 19 heavy (non-hydrogen) atoms. The molecule has 2 rings (SSSR count). The molecule has 1 fully saturated rings. The zero-order valence-electron chi connectivity index (χ0n) is 10.8. The first-order chi connectivity index (χ1) is 8.94. The first-order valence-corrected chi connectivity index (χ1v) is 8.06. The van der Waals surface area contributed by atoms with Crippen LogP contribution in [-0.2, 0) is 21.1 Å². The van der Waals surface area contributed by atoms with E-state index in [9.17, 15) is 13.2 Å². The summed E-state index contributed by atoms with van der Waals surface area (Å²) >= 11 is 0. The Hall–Kier alpha value is -1.44. The molecule has 106 valence electrons. The number of hydrogen-bond acceptors (Lipinski definition) is 6. The van der Waals surface area contributed by atoms with Gasteiger partial charge >= 0.3 is 0 Å². The summed E-state index contributed by atoms with van der Waals surface area (Å²) in [5, 5.41) is 6.40. The zero-order chi connectivity index (χ0) is 13.9.